The second kappa shape index (κ2) is 9.55. The topological polar surface area (TPSA) is 0 Å². The van der Waals surface area contributed by atoms with Crippen molar-refractivity contribution in [1.82, 2.24) is 0 Å². The van der Waals surface area contributed by atoms with E-state index in [0.29, 0.717) is 0 Å². The van der Waals surface area contributed by atoms with E-state index >= 15 is 0 Å². The fourth-order valence-electron chi connectivity index (χ4n) is 0.510. The van der Waals surface area contributed by atoms with Crippen molar-refractivity contribution in [3.8, 4) is 0 Å². The molecule has 8 heteroatoms. The minimum atomic E-state index is -10.7. The molecule has 0 unspecified atom stereocenters. The number of rotatable bonds is 3. The van der Waals surface area contributed by atoms with E-state index in [9.17, 15) is 25.2 Å². The molecule has 0 nitrogen and oxygen atoms in total. The molecule has 115 valence electrons. The van der Waals surface area contributed by atoms with Gasteiger partial charge < -0.3 is 0 Å². The van der Waals surface area contributed by atoms with Crippen LogP contribution in [-0.2, 0) is 19.5 Å². The van der Waals surface area contributed by atoms with Crippen LogP contribution in [0.5, 0.6) is 0 Å². The minimum Gasteiger partial charge on any atom is -0.0620 e. The Hall–Kier alpha value is 0.633. The second-order valence-electron chi connectivity index (χ2n) is 2.87. The molecule has 19 heavy (non-hydrogen) atoms. The summed E-state index contributed by atoms with van der Waals surface area (Å²) >= 11 is 0. The van der Waals surface area contributed by atoms with E-state index in [0.717, 1.165) is 0 Å². The smallest absolute Gasteiger partial charge is 0 e. The predicted octanol–water partition coefficient (Wildman–Crippen LogP) is 6.06. The molecule has 1 aliphatic rings. The first-order valence-corrected chi connectivity index (χ1v) is 6.69. The van der Waals surface area contributed by atoms with E-state index in [4.69, 9.17) is 0 Å². The molecular formula is C11H14F6PRh-. The zero-order chi connectivity index (χ0) is 14.8. The van der Waals surface area contributed by atoms with Crippen LogP contribution in [0.2, 0.25) is 0 Å². The molecule has 0 aromatic heterocycles. The van der Waals surface area contributed by atoms with Crippen LogP contribution in [0.1, 0.15) is 6.92 Å². The quantitative estimate of drug-likeness (QED) is 0.236. The van der Waals surface area contributed by atoms with Crippen molar-refractivity contribution in [2.75, 3.05) is 0 Å². The van der Waals surface area contributed by atoms with Crippen molar-refractivity contribution in [3.63, 3.8) is 0 Å². The van der Waals surface area contributed by atoms with Gasteiger partial charge in [0, 0.05) is 19.5 Å². The van der Waals surface area contributed by atoms with Gasteiger partial charge in [0.25, 0.3) is 0 Å². The van der Waals surface area contributed by atoms with Gasteiger partial charge in [0.15, 0.2) is 0 Å². The monoisotopic (exact) mass is 394 g/mol. The van der Waals surface area contributed by atoms with Gasteiger partial charge in [-0.25, -0.2) is 0 Å². The summed E-state index contributed by atoms with van der Waals surface area (Å²) in [6.45, 7) is 5.46. The first-order valence-electron chi connectivity index (χ1n) is 4.67. The zero-order valence-electron chi connectivity index (χ0n) is 9.95. The Morgan fingerprint density at radius 1 is 0.789 bits per heavy atom. The van der Waals surface area contributed by atoms with Crippen LogP contribution in [0.4, 0.5) is 25.2 Å². The summed E-state index contributed by atoms with van der Waals surface area (Å²) in [6.07, 6.45) is 17.5. The molecule has 1 fully saturated rings. The second-order valence-corrected chi connectivity index (χ2v) is 4.79. The van der Waals surface area contributed by atoms with Gasteiger partial charge in [-0.1, -0.05) is 6.92 Å². The van der Waals surface area contributed by atoms with Crippen LogP contribution in [0, 0.1) is 64.7 Å². The van der Waals surface area contributed by atoms with E-state index in [1.54, 1.807) is 6.42 Å². The average molecular weight is 394 g/mol. The van der Waals surface area contributed by atoms with Crippen molar-refractivity contribution in [2.24, 2.45) is 0 Å². The summed E-state index contributed by atoms with van der Waals surface area (Å²) in [5.41, 5.74) is 0. The Bertz CT molecular complexity index is 173. The summed E-state index contributed by atoms with van der Waals surface area (Å²) in [5.74, 6) is 0. The summed E-state index contributed by atoms with van der Waals surface area (Å²) < 4.78 is 59.2. The van der Waals surface area contributed by atoms with E-state index in [-0.39, 0.29) is 19.5 Å². The normalized spacial score (nSPS) is 17.7. The van der Waals surface area contributed by atoms with Crippen molar-refractivity contribution in [1.29, 1.82) is 0 Å². The van der Waals surface area contributed by atoms with Crippen molar-refractivity contribution in [2.45, 2.75) is 6.92 Å². The summed E-state index contributed by atoms with van der Waals surface area (Å²) in [4.78, 5) is 0. The van der Waals surface area contributed by atoms with Gasteiger partial charge in [0.1, 0.15) is 0 Å². The Morgan fingerprint density at radius 2 is 1.05 bits per heavy atom. The van der Waals surface area contributed by atoms with Crippen LogP contribution in [0.3, 0.4) is 0 Å². The molecule has 0 saturated heterocycles. The standard InChI is InChI=1S/C6H9.C5H5.F6P.Rh/c1-3-5-6-4-2;1-2-4-5-3-1;1-7(2,3,4,5)6;/h3-6H,1H2,2H3;1-5H;;/q;;-1;. The molecule has 1 aliphatic carbocycles. The molecule has 0 amide bonds. The first-order chi connectivity index (χ1) is 7.86. The third-order valence-corrected chi connectivity index (χ3v) is 0.995. The molecule has 0 aliphatic heterocycles. The molecule has 11 radical (unpaired) electrons. The molecule has 0 N–H and O–H groups in total. The molecule has 0 spiro atoms. The van der Waals surface area contributed by atoms with Crippen molar-refractivity contribution < 1.29 is 44.7 Å². The van der Waals surface area contributed by atoms with Crippen LogP contribution < -0.4 is 0 Å². The number of halogens is 6. The Kier molecular flexibility index (Phi) is 12.4. The molecule has 0 aromatic rings. The first kappa shape index (κ1) is 24.6. The van der Waals surface area contributed by atoms with Crippen LogP contribution in [0.15, 0.2) is 0 Å². The number of hydrogen-bond acceptors (Lipinski definition) is 0. The van der Waals surface area contributed by atoms with Gasteiger partial charge in [0.2, 0.25) is 0 Å². The fraction of sp³-hybridized carbons (Fsp3) is 0.0909. The van der Waals surface area contributed by atoms with E-state index in [1.165, 1.54) is 0 Å². The maximum atomic E-state index is 9.87. The number of hydrogen-bond donors (Lipinski definition) is 0. The molecule has 0 atom stereocenters. The van der Waals surface area contributed by atoms with E-state index in [1.807, 2.05) is 58.3 Å². The maximum absolute atomic E-state index is 10.7. The van der Waals surface area contributed by atoms with Gasteiger partial charge in [0.05, 0.1) is 0 Å². The summed E-state index contributed by atoms with van der Waals surface area (Å²) in [7, 11) is -10.7. The SMILES string of the molecule is F[P-](F)(F)(F)(F)F.[CH2][CH][CH][CH][CH]C.[CH]1[CH][CH][CH][CH]1.[Rh]. The third-order valence-electron chi connectivity index (χ3n) is 0.995. The fourth-order valence-corrected chi connectivity index (χ4v) is 0.510. The Balaban J connectivity index is -0.000000199. The van der Waals surface area contributed by atoms with Gasteiger partial charge in [-0.2, -0.15) is 0 Å². The van der Waals surface area contributed by atoms with Gasteiger partial charge in [-0.15, -0.1) is 0 Å². The molecular weight excluding hydrogens is 380 g/mol. The zero-order valence-corrected chi connectivity index (χ0v) is 12.5. The molecule has 1 rings (SSSR count). The summed E-state index contributed by atoms with van der Waals surface area (Å²) in [5, 5.41) is 0. The molecule has 0 bridgehead atoms. The predicted molar refractivity (Wildman–Crippen MR) is 63.3 cm³/mol. The van der Waals surface area contributed by atoms with Gasteiger partial charge >= 0.3 is 33.0 Å². The van der Waals surface area contributed by atoms with Crippen molar-refractivity contribution >= 4 is 7.81 Å². The van der Waals surface area contributed by atoms with Crippen LogP contribution in [-0.4, -0.2) is 0 Å². The Labute approximate surface area is 124 Å². The van der Waals surface area contributed by atoms with Crippen molar-refractivity contribution in [3.05, 3.63) is 64.7 Å². The largest absolute Gasteiger partial charge is 0.0620 e. The van der Waals surface area contributed by atoms with Gasteiger partial charge in [-0.3, -0.25) is 0 Å². The number of unbranched alkanes of at least 4 members (excludes halogenated alkanes) is 3. The Morgan fingerprint density at radius 3 is 1.16 bits per heavy atom. The maximum Gasteiger partial charge on any atom is 0 e. The van der Waals surface area contributed by atoms with Gasteiger partial charge in [-0.05, 0) is 64.7 Å². The average Bonchev–Trinajstić information content (AvgIpc) is 2.67. The molecule has 0 heterocycles. The summed E-state index contributed by atoms with van der Waals surface area (Å²) in [6, 6.07) is 0. The molecule has 0 aromatic carbocycles. The van der Waals surface area contributed by atoms with Crippen LogP contribution in [0.25, 0.3) is 0 Å². The minimum absolute atomic E-state index is 0. The molecule has 1 saturated carbocycles. The van der Waals surface area contributed by atoms with Crippen LogP contribution >= 0.6 is 7.81 Å². The van der Waals surface area contributed by atoms with E-state index < -0.39 is 7.81 Å². The third kappa shape index (κ3) is 69.2. The van der Waals surface area contributed by atoms with E-state index in [2.05, 4.69) is 6.92 Å².